The molecule has 3 aliphatic heterocycles. The molecule has 0 radical (unpaired) electrons. The van der Waals surface area contributed by atoms with Crippen molar-refractivity contribution in [3.63, 3.8) is 0 Å². The summed E-state index contributed by atoms with van der Waals surface area (Å²) in [6.45, 7) is -5.17. The number of aromatic amines is 1. The van der Waals surface area contributed by atoms with Gasteiger partial charge in [0.1, 0.15) is 30.2 Å². The van der Waals surface area contributed by atoms with E-state index >= 15 is 4.39 Å². The van der Waals surface area contributed by atoms with Crippen LogP contribution in [0.5, 0.6) is 0 Å². The first-order valence-electron chi connectivity index (χ1n) is 12.7. The summed E-state index contributed by atoms with van der Waals surface area (Å²) in [5.41, 5.74) is 10.8. The maximum Gasteiger partial charge on any atom is 0.336 e. The summed E-state index contributed by atoms with van der Waals surface area (Å²) in [4.78, 5) is 41.4. The van der Waals surface area contributed by atoms with Gasteiger partial charge in [0, 0.05) is 13.0 Å². The molecule has 236 valence electrons. The van der Waals surface area contributed by atoms with Gasteiger partial charge in [-0.25, -0.2) is 23.5 Å². The molecule has 7 heterocycles. The first kappa shape index (κ1) is 29.4. The molecule has 4 aromatic heterocycles. The summed E-state index contributed by atoms with van der Waals surface area (Å²) in [6, 6.07) is 0. The van der Waals surface area contributed by atoms with Crippen molar-refractivity contribution < 1.29 is 40.4 Å². The second kappa shape index (κ2) is 10.6. The van der Waals surface area contributed by atoms with Crippen LogP contribution in [0.15, 0.2) is 17.4 Å². The van der Waals surface area contributed by atoms with E-state index in [9.17, 15) is 18.1 Å². The fourth-order valence-electron chi connectivity index (χ4n) is 5.16. The Morgan fingerprint density at radius 2 is 1.95 bits per heavy atom. The van der Waals surface area contributed by atoms with Gasteiger partial charge in [-0.2, -0.15) is 22.8 Å². The highest BCUT2D eigenvalue weighted by atomic mass is 32.5. The van der Waals surface area contributed by atoms with E-state index in [0.717, 1.165) is 11.0 Å². The summed E-state index contributed by atoms with van der Waals surface area (Å²) in [6.07, 6.45) is -7.63. The summed E-state index contributed by atoms with van der Waals surface area (Å²) in [5, 5.41) is 7.66. The summed E-state index contributed by atoms with van der Waals surface area (Å²) < 4.78 is 74.9. The number of anilines is 2. The molecule has 0 saturated carbocycles. The Kier molecular flexibility index (Phi) is 7.11. The number of ether oxygens (including phenoxy) is 2. The van der Waals surface area contributed by atoms with Crippen LogP contribution in [0.3, 0.4) is 0 Å². The molecular weight excluding hydrogens is 654 g/mol. The van der Waals surface area contributed by atoms with Crippen LogP contribution in [0, 0.1) is 0 Å². The van der Waals surface area contributed by atoms with Crippen LogP contribution < -0.4 is 21.7 Å². The van der Waals surface area contributed by atoms with Gasteiger partial charge in [-0.1, -0.05) is 5.21 Å². The summed E-state index contributed by atoms with van der Waals surface area (Å²) in [5.74, 6) is -0.198. The molecule has 0 amide bonds. The summed E-state index contributed by atoms with van der Waals surface area (Å²) in [7, 11) is -4.59. The number of nitrogens with two attached hydrogens (primary N) is 2. The molecule has 21 nitrogen and oxygen atoms in total. The highest BCUT2D eigenvalue weighted by molar-refractivity contribution is 8.07. The van der Waals surface area contributed by atoms with Crippen molar-refractivity contribution in [1.82, 2.24) is 49.2 Å². The van der Waals surface area contributed by atoms with Gasteiger partial charge >= 0.3 is 17.0 Å². The third-order valence-corrected chi connectivity index (χ3v) is 9.64. The molecule has 44 heavy (non-hydrogen) atoms. The number of hydrogen-bond acceptors (Lipinski definition) is 17. The Hall–Kier alpha value is -3.32. The quantitative estimate of drug-likeness (QED) is 0.142. The zero-order chi connectivity index (χ0) is 31.0. The maximum absolute atomic E-state index is 15.9. The number of alkyl halides is 1. The van der Waals surface area contributed by atoms with Crippen LogP contribution in [0.25, 0.3) is 22.3 Å². The van der Waals surface area contributed by atoms with Crippen LogP contribution in [0.1, 0.15) is 18.9 Å². The minimum absolute atomic E-state index is 0.0465. The lowest BCUT2D eigenvalue weighted by Crippen LogP contribution is -2.42. The second-order valence-corrected chi connectivity index (χ2v) is 14.1. The van der Waals surface area contributed by atoms with Crippen LogP contribution in [0.4, 0.5) is 16.2 Å². The third kappa shape index (κ3) is 5.21. The minimum atomic E-state index is -4.59. The van der Waals surface area contributed by atoms with E-state index in [0.29, 0.717) is 0 Å². The topological polar surface area (TPSA) is 285 Å². The molecule has 3 aliphatic rings. The van der Waals surface area contributed by atoms with E-state index in [4.69, 9.17) is 46.0 Å². The van der Waals surface area contributed by atoms with Crippen molar-refractivity contribution in [3.05, 3.63) is 23.0 Å². The minimum Gasteiger partial charge on any atom is -0.382 e. The fourth-order valence-corrected chi connectivity index (χ4v) is 7.55. The third-order valence-electron chi connectivity index (χ3n) is 7.06. The zero-order valence-electron chi connectivity index (χ0n) is 21.9. The van der Waals surface area contributed by atoms with E-state index in [2.05, 4.69) is 40.0 Å². The average Bonchev–Trinajstić information content (AvgIpc) is 3.72. The smallest absolute Gasteiger partial charge is 0.336 e. The lowest BCUT2D eigenvalue weighted by Gasteiger charge is -2.25. The highest BCUT2D eigenvalue weighted by Crippen LogP contribution is 2.50. The Morgan fingerprint density at radius 1 is 1.14 bits per heavy atom. The molecule has 4 aromatic rings. The fraction of sp³-hybridized carbons (Fsp3) is 0.526. The Bertz CT molecular complexity index is 1980. The normalized spacial score (nSPS) is 34.4. The van der Waals surface area contributed by atoms with Crippen LogP contribution in [0.2, 0.25) is 0 Å². The molecule has 0 spiro atoms. The highest BCUT2D eigenvalue weighted by Gasteiger charge is 2.51. The van der Waals surface area contributed by atoms with Gasteiger partial charge in [0.25, 0.3) is 5.56 Å². The number of hydrogen-bond donors (Lipinski definition) is 5. The lowest BCUT2D eigenvalue weighted by molar-refractivity contribution is -0.0517. The summed E-state index contributed by atoms with van der Waals surface area (Å²) >= 11 is 5.16. The van der Waals surface area contributed by atoms with E-state index < -0.39 is 78.8 Å². The molecule has 7 N–H and O–H groups in total. The molecule has 25 heteroatoms. The van der Waals surface area contributed by atoms with E-state index in [1.165, 1.54) is 10.9 Å². The number of aromatic nitrogens is 9. The number of nitrogen functional groups attached to an aromatic ring is 2. The van der Waals surface area contributed by atoms with Gasteiger partial charge in [0.2, 0.25) is 5.95 Å². The van der Waals surface area contributed by atoms with Crippen molar-refractivity contribution in [2.45, 2.75) is 49.5 Å². The second-order valence-electron chi connectivity index (χ2n) is 9.91. The number of imidazole rings is 1. The van der Waals surface area contributed by atoms with Crippen LogP contribution in [-0.4, -0.2) is 102 Å². The number of halogens is 1. The van der Waals surface area contributed by atoms with Gasteiger partial charge in [0.15, 0.2) is 41.3 Å². The predicted octanol–water partition coefficient (Wildman–Crippen LogP) is -2.11. The molecule has 2 bridgehead atoms. The van der Waals surface area contributed by atoms with Gasteiger partial charge in [-0.3, -0.25) is 18.9 Å². The zero-order valence-corrected chi connectivity index (χ0v) is 24.4. The largest absolute Gasteiger partial charge is 0.382 e. The van der Waals surface area contributed by atoms with E-state index in [1.54, 1.807) is 0 Å². The number of rotatable bonds is 2. The molecule has 7 rings (SSSR count). The Balaban J connectivity index is 1.19. The Labute approximate surface area is 249 Å². The van der Waals surface area contributed by atoms with Crippen LogP contribution >= 0.6 is 6.72 Å². The molecule has 3 fully saturated rings. The molecule has 0 aliphatic carbocycles. The number of nitrogens with one attached hydrogen (secondary N) is 2. The van der Waals surface area contributed by atoms with Crippen molar-refractivity contribution in [3.8, 4) is 0 Å². The molecule has 3 saturated heterocycles. The van der Waals surface area contributed by atoms with Crippen molar-refractivity contribution in [2.75, 3.05) is 24.6 Å². The molecule has 8 unspecified atom stereocenters. The van der Waals surface area contributed by atoms with E-state index in [1.807, 2.05) is 0 Å². The SMILES string of the molecule is Nc1nc2c(nnn2C2OC3COP(O)(=S)OC4C(CNS(=O)(=O)OC2C3)OC(n2cnc3c(N)ncnc32)C4F)c(=O)[nH]1. The van der Waals surface area contributed by atoms with Crippen molar-refractivity contribution in [1.29, 1.82) is 0 Å². The lowest BCUT2D eigenvalue weighted by atomic mass is 10.1. The number of nitrogens with zero attached hydrogens (tertiary/aromatic N) is 8. The predicted molar refractivity (Wildman–Crippen MR) is 147 cm³/mol. The number of fused-ring (bicyclic) bond motifs is 5. The molecular formula is C19H22FN12O9PS2. The van der Waals surface area contributed by atoms with Gasteiger partial charge in [0.05, 0.1) is 19.0 Å². The first-order valence-corrected chi connectivity index (χ1v) is 16.7. The first-order chi connectivity index (χ1) is 20.9. The average molecular weight is 677 g/mol. The van der Waals surface area contributed by atoms with Gasteiger partial charge in [-0.05, 0) is 11.8 Å². The van der Waals surface area contributed by atoms with Crippen molar-refractivity contribution in [2.24, 2.45) is 0 Å². The molecule has 0 aromatic carbocycles. The maximum atomic E-state index is 15.9. The monoisotopic (exact) mass is 676 g/mol. The standard InChI is InChI=1S/C19H22FN12O9PS2/c20-9-12-8(39-18(9)31-5-25-10-13(21)23-4-24-14(10)31)2-26-44(35,36)41-7-1-6(3-37-42(34,43)40-12)38-17(7)32-15-11(29-30-32)16(33)28-19(22)27-15/h4-9,12,17-18,26H,1-3H2,(H,34,43)(H2,21,23,24)(H3,22,27,28,33). The van der Waals surface area contributed by atoms with Gasteiger partial charge < -0.3 is 30.4 Å². The molecule has 8 atom stereocenters. The van der Waals surface area contributed by atoms with Gasteiger partial charge in [-0.15, -0.1) is 5.10 Å². The van der Waals surface area contributed by atoms with E-state index in [-0.39, 0.29) is 40.5 Å². The van der Waals surface area contributed by atoms with Crippen molar-refractivity contribution >= 4 is 62.9 Å². The van der Waals surface area contributed by atoms with Crippen LogP contribution in [-0.2, 0) is 44.8 Å². The Morgan fingerprint density at radius 3 is 2.77 bits per heavy atom. The number of H-pyrrole nitrogens is 1.